The second-order valence-corrected chi connectivity index (χ2v) is 14.5. The zero-order valence-corrected chi connectivity index (χ0v) is 29.7. The minimum absolute atomic E-state index is 0.0284. The molecule has 1 fully saturated rings. The molecule has 1 aromatic heterocycles. The fourth-order valence-electron chi connectivity index (χ4n) is 5.69. The second-order valence-electron chi connectivity index (χ2n) is 12.1. The highest BCUT2D eigenvalue weighted by Crippen LogP contribution is 2.40. The highest BCUT2D eigenvalue weighted by Gasteiger charge is 2.39. The first-order valence-electron chi connectivity index (χ1n) is 16.0. The van der Waals surface area contributed by atoms with Gasteiger partial charge in [-0.2, -0.15) is 13.2 Å². The lowest BCUT2D eigenvalue weighted by Crippen LogP contribution is -2.38. The maximum absolute atomic E-state index is 14.6. The first-order valence-corrected chi connectivity index (χ1v) is 17.5. The number of ether oxygens (including phenoxy) is 2. The third kappa shape index (κ3) is 9.24. The summed E-state index contributed by atoms with van der Waals surface area (Å²) in [5.74, 6) is -3.35. The standard InChI is InChI=1S/C33H36FN5O6S.C2HF3O2/c1-19(2)46(42,43)29-12-9-23(38-33(41)45-4)18-25(29)27-6-5-15-39(27)32(40)30(21-7-11-26(34)28(17-21)44-3)37-22-8-10-24-20(16-22)13-14-36-31(24)35;3-2(4,5)1(6)7/h7-14,16-19,27,30,37H,5-6,15H2,1-4H3,(H2,35,36)(H,38,41);(H,6,7)/t27-,30-;/m1./s1. The molecule has 5 rings (SSSR count). The molecule has 2 atom stereocenters. The number of benzene rings is 3. The number of aromatic nitrogens is 1. The average Bonchev–Trinajstić information content (AvgIpc) is 3.60. The molecule has 0 unspecified atom stereocenters. The minimum Gasteiger partial charge on any atom is -0.494 e. The number of alkyl halides is 3. The van der Waals surface area contributed by atoms with Gasteiger partial charge in [0.2, 0.25) is 5.91 Å². The number of nitrogens with one attached hydrogen (secondary N) is 2. The van der Waals surface area contributed by atoms with Crippen molar-refractivity contribution in [3.63, 3.8) is 0 Å². The third-order valence-electron chi connectivity index (χ3n) is 8.37. The summed E-state index contributed by atoms with van der Waals surface area (Å²) in [5.41, 5.74) is 7.79. The van der Waals surface area contributed by atoms with Gasteiger partial charge in [-0.3, -0.25) is 10.1 Å². The van der Waals surface area contributed by atoms with Gasteiger partial charge in [-0.1, -0.05) is 6.07 Å². The molecule has 4 aromatic rings. The van der Waals surface area contributed by atoms with Crippen LogP contribution in [0.2, 0.25) is 0 Å². The Balaban J connectivity index is 0.000000815. The van der Waals surface area contributed by atoms with Gasteiger partial charge < -0.3 is 30.5 Å². The van der Waals surface area contributed by atoms with E-state index in [1.54, 1.807) is 49.2 Å². The molecule has 2 heterocycles. The van der Waals surface area contributed by atoms with Crippen LogP contribution < -0.4 is 21.1 Å². The van der Waals surface area contributed by atoms with Gasteiger partial charge in [0.05, 0.1) is 30.4 Å². The number of carboxylic acid groups (broad SMARTS) is 1. The van der Waals surface area contributed by atoms with Gasteiger partial charge in [-0.25, -0.2) is 27.4 Å². The van der Waals surface area contributed by atoms with E-state index in [2.05, 4.69) is 15.6 Å². The summed E-state index contributed by atoms with van der Waals surface area (Å²) < 4.78 is 83.2. The van der Waals surface area contributed by atoms with Crippen LogP contribution in [0.1, 0.15) is 49.9 Å². The van der Waals surface area contributed by atoms with Gasteiger partial charge in [0.15, 0.2) is 21.4 Å². The summed E-state index contributed by atoms with van der Waals surface area (Å²) in [4.78, 5) is 41.3. The third-order valence-corrected chi connectivity index (χ3v) is 10.6. The highest BCUT2D eigenvalue weighted by atomic mass is 32.2. The van der Waals surface area contributed by atoms with Crippen LogP contribution in [0.4, 0.5) is 39.5 Å². The van der Waals surface area contributed by atoms with Crippen LogP contribution in [0.5, 0.6) is 5.75 Å². The number of anilines is 3. The van der Waals surface area contributed by atoms with Crippen molar-refractivity contribution in [3.05, 3.63) is 83.8 Å². The van der Waals surface area contributed by atoms with Gasteiger partial charge in [0.25, 0.3) is 0 Å². The Kier molecular flexibility index (Phi) is 12.4. The van der Waals surface area contributed by atoms with E-state index in [1.165, 1.54) is 44.6 Å². The van der Waals surface area contributed by atoms with Crippen LogP contribution in [-0.2, 0) is 24.2 Å². The van der Waals surface area contributed by atoms with Crippen LogP contribution in [0.3, 0.4) is 0 Å². The first kappa shape index (κ1) is 40.1. The summed E-state index contributed by atoms with van der Waals surface area (Å²) >= 11 is 0. The van der Waals surface area contributed by atoms with Crippen molar-refractivity contribution in [2.45, 2.75) is 55.1 Å². The Morgan fingerprint density at radius 3 is 2.32 bits per heavy atom. The van der Waals surface area contributed by atoms with Gasteiger partial charge in [0.1, 0.15) is 11.9 Å². The quantitative estimate of drug-likeness (QED) is 0.137. The first-order chi connectivity index (χ1) is 24.9. The lowest BCUT2D eigenvalue weighted by molar-refractivity contribution is -0.192. The van der Waals surface area contributed by atoms with E-state index in [1.807, 2.05) is 6.07 Å². The normalized spacial score (nSPS) is 15.0. The van der Waals surface area contributed by atoms with Crippen molar-refractivity contribution in [1.29, 1.82) is 0 Å². The van der Waals surface area contributed by atoms with E-state index >= 15 is 0 Å². The number of methoxy groups -OCH3 is 2. The zero-order valence-electron chi connectivity index (χ0n) is 28.9. The number of nitrogens with zero attached hydrogens (tertiary/aromatic N) is 2. The van der Waals surface area contributed by atoms with Gasteiger partial charge in [-0.15, -0.1) is 0 Å². The average molecular weight is 764 g/mol. The highest BCUT2D eigenvalue weighted by molar-refractivity contribution is 7.92. The fourth-order valence-corrected chi connectivity index (χ4v) is 6.98. The summed E-state index contributed by atoms with van der Waals surface area (Å²) in [6.45, 7) is 3.52. The maximum Gasteiger partial charge on any atom is 0.490 e. The van der Waals surface area contributed by atoms with E-state index < -0.39 is 51.2 Å². The number of carbonyl (C=O) groups is 3. The molecule has 1 saturated heterocycles. The molecular formula is C35H37F4N5O8S. The molecule has 18 heteroatoms. The van der Waals surface area contributed by atoms with E-state index in [0.717, 1.165) is 10.8 Å². The Morgan fingerprint density at radius 1 is 1.02 bits per heavy atom. The number of aliphatic carboxylic acids is 1. The van der Waals surface area contributed by atoms with Crippen molar-refractivity contribution in [3.8, 4) is 5.75 Å². The molecule has 2 amide bonds. The van der Waals surface area contributed by atoms with Crippen molar-refractivity contribution in [2.24, 2.45) is 0 Å². The second kappa shape index (κ2) is 16.4. The molecule has 0 saturated carbocycles. The number of sulfone groups is 1. The Bertz CT molecular complexity index is 2110. The van der Waals surface area contributed by atoms with Crippen LogP contribution >= 0.6 is 0 Å². The van der Waals surface area contributed by atoms with Crippen molar-refractivity contribution >= 4 is 55.8 Å². The molecule has 284 valence electrons. The molecule has 13 nitrogen and oxygen atoms in total. The largest absolute Gasteiger partial charge is 0.494 e. The number of hydrogen-bond donors (Lipinski definition) is 4. The van der Waals surface area contributed by atoms with Crippen molar-refractivity contribution in [1.82, 2.24) is 9.88 Å². The van der Waals surface area contributed by atoms with Crippen LogP contribution in [-0.4, -0.2) is 73.6 Å². The van der Waals surface area contributed by atoms with E-state index in [0.29, 0.717) is 47.7 Å². The van der Waals surface area contributed by atoms with Crippen LogP contribution in [0.15, 0.2) is 71.8 Å². The number of amides is 2. The van der Waals surface area contributed by atoms with E-state index in [-0.39, 0.29) is 16.6 Å². The smallest absolute Gasteiger partial charge is 0.490 e. The number of carboxylic acids is 1. The topological polar surface area (TPSA) is 190 Å². The number of pyridine rings is 1. The SMILES string of the molecule is COC(=O)Nc1ccc(S(=O)(=O)C(C)C)c([C@H]2CCCN2C(=O)[C@H](Nc2ccc3c(N)nccc3c2)c2ccc(F)c(OC)c2)c1.O=C(O)C(F)(F)F. The number of nitrogens with two attached hydrogens (primary N) is 1. The zero-order chi connectivity index (χ0) is 39.2. The molecule has 0 radical (unpaired) electrons. The molecule has 1 aliphatic heterocycles. The van der Waals surface area contributed by atoms with Gasteiger partial charge in [0, 0.05) is 29.5 Å². The fraction of sp³-hybridized carbons (Fsp3) is 0.314. The number of rotatable bonds is 9. The van der Waals surface area contributed by atoms with Crippen molar-refractivity contribution in [2.75, 3.05) is 37.1 Å². The molecular weight excluding hydrogens is 726 g/mol. The van der Waals surface area contributed by atoms with Crippen LogP contribution in [0.25, 0.3) is 10.8 Å². The maximum atomic E-state index is 14.6. The number of halogens is 4. The molecule has 53 heavy (non-hydrogen) atoms. The molecule has 0 aliphatic carbocycles. The number of nitrogen functional groups attached to an aromatic ring is 1. The monoisotopic (exact) mass is 763 g/mol. The van der Waals surface area contributed by atoms with E-state index in [9.17, 15) is 35.6 Å². The summed E-state index contributed by atoms with van der Waals surface area (Å²) in [6, 6.07) is 14.3. The molecule has 5 N–H and O–H groups in total. The summed E-state index contributed by atoms with van der Waals surface area (Å²) in [5, 5.41) is 13.9. The lowest BCUT2D eigenvalue weighted by Gasteiger charge is -2.32. The molecule has 0 bridgehead atoms. The molecule has 1 aliphatic rings. The predicted molar refractivity (Wildman–Crippen MR) is 188 cm³/mol. The molecule has 0 spiro atoms. The lowest BCUT2D eigenvalue weighted by atomic mass is 10.0. The van der Waals surface area contributed by atoms with E-state index in [4.69, 9.17) is 25.1 Å². The van der Waals surface area contributed by atoms with Gasteiger partial charge >= 0.3 is 18.2 Å². The number of fused-ring (bicyclic) bond motifs is 1. The Hall–Kier alpha value is -5.65. The van der Waals surface area contributed by atoms with Crippen LogP contribution in [0, 0.1) is 5.82 Å². The number of likely N-dealkylation sites (tertiary alicyclic amines) is 1. The molecule has 3 aromatic carbocycles. The predicted octanol–water partition coefficient (Wildman–Crippen LogP) is 6.48. The number of carbonyl (C=O) groups excluding carboxylic acids is 2. The Morgan fingerprint density at radius 2 is 1.70 bits per heavy atom. The Labute approximate surface area is 302 Å². The van der Waals surface area contributed by atoms with Gasteiger partial charge in [-0.05, 0) is 97.8 Å². The minimum atomic E-state index is -5.08. The number of hydrogen-bond acceptors (Lipinski definition) is 10. The summed E-state index contributed by atoms with van der Waals surface area (Å²) in [7, 11) is -1.20. The van der Waals surface area contributed by atoms with Crippen molar-refractivity contribution < 1.29 is 54.9 Å². The summed E-state index contributed by atoms with van der Waals surface area (Å²) in [6.07, 6.45) is -3.12.